The van der Waals surface area contributed by atoms with Crippen molar-refractivity contribution in [2.24, 2.45) is 0 Å². The standard InChI is InChI=1S/C13H9N3O4/c17-13(18)11-6-20-12(16-11)3-9-2-1-8(4-14-9)10-5-19-7-15-10/h1-2,4-7H,3H2,(H,17,18). The van der Waals surface area contributed by atoms with Crippen molar-refractivity contribution in [3.8, 4) is 11.3 Å². The average Bonchev–Trinajstić information content (AvgIpc) is 3.10. The van der Waals surface area contributed by atoms with E-state index in [9.17, 15) is 4.79 Å². The molecule has 0 amide bonds. The fraction of sp³-hybridized carbons (Fsp3) is 0.0769. The van der Waals surface area contributed by atoms with Gasteiger partial charge >= 0.3 is 5.97 Å². The highest BCUT2D eigenvalue weighted by Crippen LogP contribution is 2.16. The molecule has 0 aromatic carbocycles. The lowest BCUT2D eigenvalue weighted by Crippen LogP contribution is -1.98. The van der Waals surface area contributed by atoms with Crippen LogP contribution < -0.4 is 0 Å². The average molecular weight is 271 g/mol. The zero-order valence-electron chi connectivity index (χ0n) is 10.2. The number of aromatic nitrogens is 3. The summed E-state index contributed by atoms with van der Waals surface area (Å²) in [5.74, 6) is -0.807. The Morgan fingerprint density at radius 2 is 2.15 bits per heavy atom. The van der Waals surface area contributed by atoms with E-state index in [1.807, 2.05) is 6.07 Å². The Bertz CT molecular complexity index is 716. The highest BCUT2D eigenvalue weighted by atomic mass is 16.4. The lowest BCUT2D eigenvalue weighted by atomic mass is 10.2. The van der Waals surface area contributed by atoms with Crippen molar-refractivity contribution in [1.29, 1.82) is 0 Å². The molecule has 3 heterocycles. The van der Waals surface area contributed by atoms with E-state index in [2.05, 4.69) is 15.0 Å². The Morgan fingerprint density at radius 3 is 2.75 bits per heavy atom. The minimum Gasteiger partial charge on any atom is -0.476 e. The van der Waals surface area contributed by atoms with E-state index in [-0.39, 0.29) is 5.69 Å². The van der Waals surface area contributed by atoms with Gasteiger partial charge in [-0.05, 0) is 12.1 Å². The van der Waals surface area contributed by atoms with E-state index >= 15 is 0 Å². The van der Waals surface area contributed by atoms with Crippen molar-refractivity contribution in [1.82, 2.24) is 15.0 Å². The van der Waals surface area contributed by atoms with Gasteiger partial charge in [-0.25, -0.2) is 14.8 Å². The SMILES string of the molecule is O=C(O)c1coc(Cc2ccc(-c3cocn3)cn2)n1. The number of oxazole rings is 2. The summed E-state index contributed by atoms with van der Waals surface area (Å²) in [4.78, 5) is 22.8. The zero-order chi connectivity index (χ0) is 13.9. The van der Waals surface area contributed by atoms with E-state index in [1.54, 1.807) is 12.3 Å². The molecule has 0 atom stereocenters. The molecule has 0 saturated heterocycles. The van der Waals surface area contributed by atoms with Crippen molar-refractivity contribution in [3.05, 3.63) is 54.5 Å². The van der Waals surface area contributed by atoms with Crippen molar-refractivity contribution < 1.29 is 18.7 Å². The molecule has 0 fully saturated rings. The molecule has 20 heavy (non-hydrogen) atoms. The fourth-order valence-corrected chi connectivity index (χ4v) is 1.68. The highest BCUT2D eigenvalue weighted by molar-refractivity contribution is 5.84. The Balaban J connectivity index is 1.76. The number of carboxylic acid groups (broad SMARTS) is 1. The summed E-state index contributed by atoms with van der Waals surface area (Å²) >= 11 is 0. The van der Waals surface area contributed by atoms with Gasteiger partial charge in [0.05, 0.1) is 6.42 Å². The van der Waals surface area contributed by atoms with Crippen LogP contribution in [0.15, 0.2) is 46.1 Å². The summed E-state index contributed by atoms with van der Waals surface area (Å²) in [5, 5.41) is 8.75. The summed E-state index contributed by atoms with van der Waals surface area (Å²) in [6.07, 6.45) is 5.98. The summed E-state index contributed by atoms with van der Waals surface area (Å²) in [7, 11) is 0. The molecule has 0 unspecified atom stereocenters. The van der Waals surface area contributed by atoms with Crippen LogP contribution in [-0.2, 0) is 6.42 Å². The van der Waals surface area contributed by atoms with Crippen LogP contribution in [0.4, 0.5) is 0 Å². The minimum atomic E-state index is -1.12. The van der Waals surface area contributed by atoms with Gasteiger partial charge in [-0.3, -0.25) is 4.98 Å². The molecular formula is C13H9N3O4. The molecule has 1 N–H and O–H groups in total. The van der Waals surface area contributed by atoms with Crippen LogP contribution in [0.3, 0.4) is 0 Å². The number of aromatic carboxylic acids is 1. The first-order chi connectivity index (χ1) is 9.72. The largest absolute Gasteiger partial charge is 0.476 e. The van der Waals surface area contributed by atoms with Gasteiger partial charge < -0.3 is 13.9 Å². The molecular weight excluding hydrogens is 262 g/mol. The van der Waals surface area contributed by atoms with Gasteiger partial charge in [0.2, 0.25) is 5.89 Å². The third kappa shape index (κ3) is 2.41. The second-order valence-electron chi connectivity index (χ2n) is 4.02. The normalized spacial score (nSPS) is 10.6. The van der Waals surface area contributed by atoms with Crippen molar-refractivity contribution in [3.63, 3.8) is 0 Å². The lowest BCUT2D eigenvalue weighted by Gasteiger charge is -1.98. The molecule has 0 bridgehead atoms. The van der Waals surface area contributed by atoms with E-state index in [4.69, 9.17) is 13.9 Å². The van der Waals surface area contributed by atoms with Crippen LogP contribution in [0.5, 0.6) is 0 Å². The first-order valence-electron chi connectivity index (χ1n) is 5.73. The van der Waals surface area contributed by atoms with Crippen LogP contribution in [0.2, 0.25) is 0 Å². The number of rotatable bonds is 4. The summed E-state index contributed by atoms with van der Waals surface area (Å²) < 4.78 is 9.97. The van der Waals surface area contributed by atoms with Crippen LogP contribution in [-0.4, -0.2) is 26.0 Å². The second-order valence-corrected chi connectivity index (χ2v) is 4.02. The molecule has 0 aliphatic heterocycles. The first-order valence-corrected chi connectivity index (χ1v) is 5.73. The molecule has 0 radical (unpaired) electrons. The second kappa shape index (κ2) is 4.96. The van der Waals surface area contributed by atoms with Gasteiger partial charge in [-0.2, -0.15) is 0 Å². The van der Waals surface area contributed by atoms with Gasteiger partial charge in [0, 0.05) is 17.5 Å². The zero-order valence-corrected chi connectivity index (χ0v) is 10.2. The minimum absolute atomic E-state index is 0.112. The Kier molecular flexibility index (Phi) is 3.00. The van der Waals surface area contributed by atoms with E-state index in [0.29, 0.717) is 18.0 Å². The first kappa shape index (κ1) is 12.1. The van der Waals surface area contributed by atoms with Crippen LogP contribution in [0.25, 0.3) is 11.3 Å². The topological polar surface area (TPSA) is 102 Å². The number of hydrogen-bond donors (Lipinski definition) is 1. The van der Waals surface area contributed by atoms with E-state index in [0.717, 1.165) is 17.5 Å². The Hall–Kier alpha value is -2.96. The monoisotopic (exact) mass is 271 g/mol. The molecule has 100 valence electrons. The predicted octanol–water partition coefficient (Wildman–Crippen LogP) is 2.01. The van der Waals surface area contributed by atoms with Crippen LogP contribution >= 0.6 is 0 Å². The molecule has 7 nitrogen and oxygen atoms in total. The van der Waals surface area contributed by atoms with Crippen molar-refractivity contribution >= 4 is 5.97 Å². The number of carbonyl (C=O) groups is 1. The molecule has 3 aromatic heterocycles. The van der Waals surface area contributed by atoms with Gasteiger partial charge in [0.25, 0.3) is 0 Å². The summed E-state index contributed by atoms with van der Waals surface area (Å²) in [6.45, 7) is 0. The van der Waals surface area contributed by atoms with Crippen molar-refractivity contribution in [2.75, 3.05) is 0 Å². The predicted molar refractivity (Wildman–Crippen MR) is 66.0 cm³/mol. The van der Waals surface area contributed by atoms with Gasteiger partial charge in [0.15, 0.2) is 12.1 Å². The van der Waals surface area contributed by atoms with Gasteiger partial charge in [0.1, 0.15) is 18.2 Å². The quantitative estimate of drug-likeness (QED) is 0.774. The number of pyridine rings is 1. The smallest absolute Gasteiger partial charge is 0.357 e. The Labute approximate surface area is 112 Å². The highest BCUT2D eigenvalue weighted by Gasteiger charge is 2.11. The molecule has 0 aliphatic carbocycles. The molecule has 0 spiro atoms. The third-order valence-corrected chi connectivity index (χ3v) is 2.66. The maximum Gasteiger partial charge on any atom is 0.357 e. The number of carboxylic acids is 1. The van der Waals surface area contributed by atoms with Gasteiger partial charge in [-0.15, -0.1) is 0 Å². The summed E-state index contributed by atoms with van der Waals surface area (Å²) in [5.41, 5.74) is 2.14. The molecule has 0 saturated carbocycles. The number of hydrogen-bond acceptors (Lipinski definition) is 6. The number of nitrogens with zero attached hydrogens (tertiary/aromatic N) is 3. The fourth-order valence-electron chi connectivity index (χ4n) is 1.68. The van der Waals surface area contributed by atoms with Crippen molar-refractivity contribution in [2.45, 2.75) is 6.42 Å². The third-order valence-electron chi connectivity index (χ3n) is 2.66. The molecule has 3 aromatic rings. The van der Waals surface area contributed by atoms with Crippen LogP contribution in [0.1, 0.15) is 22.1 Å². The van der Waals surface area contributed by atoms with Gasteiger partial charge in [-0.1, -0.05) is 0 Å². The Morgan fingerprint density at radius 1 is 1.25 bits per heavy atom. The van der Waals surface area contributed by atoms with E-state index < -0.39 is 5.97 Å². The maximum atomic E-state index is 10.7. The summed E-state index contributed by atoms with van der Waals surface area (Å²) in [6, 6.07) is 3.65. The molecule has 7 heteroatoms. The molecule has 0 aliphatic rings. The van der Waals surface area contributed by atoms with Crippen LogP contribution in [0, 0.1) is 0 Å². The van der Waals surface area contributed by atoms with E-state index in [1.165, 1.54) is 12.7 Å². The lowest BCUT2D eigenvalue weighted by molar-refractivity contribution is 0.0690. The molecule has 3 rings (SSSR count). The maximum absolute atomic E-state index is 10.7.